The van der Waals surface area contributed by atoms with Crippen LogP contribution in [0.2, 0.25) is 0 Å². The van der Waals surface area contributed by atoms with Crippen LogP contribution in [0, 0.1) is 0 Å². The molecule has 1 rings (SSSR count). The van der Waals surface area contributed by atoms with Crippen LogP contribution < -0.4 is 0 Å². The molecule has 1 aromatic rings. The third-order valence-electron chi connectivity index (χ3n) is 1.58. The monoisotopic (exact) mass is 201 g/mol. The van der Waals surface area contributed by atoms with Crippen molar-refractivity contribution in [3.8, 4) is 0 Å². The molecule has 0 aromatic carbocycles. The largest absolute Gasteiger partial charge is 0.394 e. The summed E-state index contributed by atoms with van der Waals surface area (Å²) in [5, 5.41) is 16.2. The minimum absolute atomic E-state index is 0.0479. The average molecular weight is 201 g/mol. The first-order chi connectivity index (χ1) is 6.86. The predicted octanol–water partition coefficient (Wildman–Crippen LogP) is -0.567. The van der Waals surface area contributed by atoms with Crippen molar-refractivity contribution in [2.24, 2.45) is 0 Å². The lowest BCUT2D eigenvalue weighted by Gasteiger charge is -2.00. The van der Waals surface area contributed by atoms with Gasteiger partial charge in [0.1, 0.15) is 5.69 Å². The van der Waals surface area contributed by atoms with Crippen LogP contribution in [0.5, 0.6) is 0 Å². The second-order valence-electron chi connectivity index (χ2n) is 2.74. The Morgan fingerprint density at radius 1 is 1.50 bits per heavy atom. The highest BCUT2D eigenvalue weighted by Gasteiger charge is 1.99. The van der Waals surface area contributed by atoms with E-state index >= 15 is 0 Å². The predicted molar refractivity (Wildman–Crippen MR) is 48.6 cm³/mol. The van der Waals surface area contributed by atoms with Gasteiger partial charge in [0.15, 0.2) is 0 Å². The van der Waals surface area contributed by atoms with Crippen LogP contribution >= 0.6 is 0 Å². The van der Waals surface area contributed by atoms with Gasteiger partial charge in [0, 0.05) is 7.11 Å². The van der Waals surface area contributed by atoms with Crippen molar-refractivity contribution in [1.82, 2.24) is 15.0 Å². The van der Waals surface area contributed by atoms with Crippen molar-refractivity contribution in [3.63, 3.8) is 0 Å². The summed E-state index contributed by atoms with van der Waals surface area (Å²) in [5.74, 6) is 0. The highest BCUT2D eigenvalue weighted by Crippen LogP contribution is 1.94. The quantitative estimate of drug-likeness (QED) is 0.598. The maximum atomic E-state index is 8.46. The molecule has 0 bridgehead atoms. The normalized spacial score (nSPS) is 10.7. The molecule has 0 atom stereocenters. The number of aliphatic hydroxyl groups is 1. The minimum atomic E-state index is 0.0479. The second-order valence-corrected chi connectivity index (χ2v) is 2.74. The zero-order chi connectivity index (χ0) is 10.2. The first-order valence-corrected chi connectivity index (χ1v) is 4.43. The third-order valence-corrected chi connectivity index (χ3v) is 1.58. The van der Waals surface area contributed by atoms with Gasteiger partial charge in [-0.15, -0.1) is 5.10 Å². The Kier molecular flexibility index (Phi) is 5.13. The van der Waals surface area contributed by atoms with Crippen molar-refractivity contribution >= 4 is 0 Å². The summed E-state index contributed by atoms with van der Waals surface area (Å²) in [5.41, 5.74) is 0.801. The summed E-state index contributed by atoms with van der Waals surface area (Å²) in [4.78, 5) is 0. The van der Waals surface area contributed by atoms with Crippen molar-refractivity contribution in [2.75, 3.05) is 26.9 Å². The summed E-state index contributed by atoms with van der Waals surface area (Å²) in [7, 11) is 1.61. The van der Waals surface area contributed by atoms with Crippen LogP contribution in [-0.2, 0) is 22.6 Å². The molecule has 0 aliphatic rings. The number of methoxy groups -OCH3 is 1. The number of aliphatic hydroxyl groups excluding tert-OH is 1. The summed E-state index contributed by atoms with van der Waals surface area (Å²) < 4.78 is 11.7. The maximum Gasteiger partial charge on any atom is 0.108 e. The van der Waals surface area contributed by atoms with Crippen LogP contribution in [0.3, 0.4) is 0 Å². The molecule has 6 heteroatoms. The molecule has 0 aliphatic carbocycles. The number of hydrogen-bond acceptors (Lipinski definition) is 5. The van der Waals surface area contributed by atoms with Crippen molar-refractivity contribution in [1.29, 1.82) is 0 Å². The van der Waals surface area contributed by atoms with E-state index in [1.807, 2.05) is 6.20 Å². The van der Waals surface area contributed by atoms with E-state index in [1.54, 1.807) is 11.8 Å². The maximum absolute atomic E-state index is 8.46. The van der Waals surface area contributed by atoms with Crippen LogP contribution in [0.25, 0.3) is 0 Å². The lowest BCUT2D eigenvalue weighted by Crippen LogP contribution is -2.08. The zero-order valence-corrected chi connectivity index (χ0v) is 8.22. The molecule has 1 N–H and O–H groups in total. The van der Waals surface area contributed by atoms with Gasteiger partial charge in [0.25, 0.3) is 0 Å². The molecule has 0 saturated heterocycles. The Morgan fingerprint density at radius 3 is 3.07 bits per heavy atom. The van der Waals surface area contributed by atoms with Gasteiger partial charge in [-0.25, -0.2) is 4.68 Å². The summed E-state index contributed by atoms with van der Waals surface area (Å²) in [6.45, 7) is 2.04. The number of ether oxygens (including phenoxy) is 2. The molecule has 0 fully saturated rings. The molecule has 0 spiro atoms. The van der Waals surface area contributed by atoms with E-state index in [0.29, 0.717) is 26.4 Å². The van der Waals surface area contributed by atoms with E-state index in [0.717, 1.165) is 5.69 Å². The van der Waals surface area contributed by atoms with E-state index < -0.39 is 0 Å². The highest BCUT2D eigenvalue weighted by molar-refractivity contribution is 4.89. The first kappa shape index (κ1) is 11.1. The summed E-state index contributed by atoms with van der Waals surface area (Å²) >= 11 is 0. The van der Waals surface area contributed by atoms with Gasteiger partial charge in [-0.3, -0.25) is 0 Å². The van der Waals surface area contributed by atoms with Crippen LogP contribution in [0.4, 0.5) is 0 Å². The molecule has 80 valence electrons. The molecule has 1 aromatic heterocycles. The Morgan fingerprint density at radius 2 is 2.36 bits per heavy atom. The smallest absolute Gasteiger partial charge is 0.108 e. The number of nitrogens with zero attached hydrogens (tertiary/aromatic N) is 3. The Bertz CT molecular complexity index is 252. The SMILES string of the molecule is COCc1cn(CCOCCO)nn1. The molecule has 0 saturated carbocycles. The minimum Gasteiger partial charge on any atom is -0.394 e. The molecule has 14 heavy (non-hydrogen) atoms. The van der Waals surface area contributed by atoms with Crippen LogP contribution in [-0.4, -0.2) is 47.0 Å². The van der Waals surface area contributed by atoms with Gasteiger partial charge in [-0.2, -0.15) is 0 Å². The lowest BCUT2D eigenvalue weighted by atomic mass is 10.5. The molecular weight excluding hydrogens is 186 g/mol. The van der Waals surface area contributed by atoms with Crippen LogP contribution in [0.15, 0.2) is 6.20 Å². The van der Waals surface area contributed by atoms with Gasteiger partial charge in [0.05, 0.1) is 39.2 Å². The van der Waals surface area contributed by atoms with Crippen molar-refractivity contribution < 1.29 is 14.6 Å². The molecule has 0 aliphatic heterocycles. The molecule has 6 nitrogen and oxygen atoms in total. The molecule has 0 amide bonds. The summed E-state index contributed by atoms with van der Waals surface area (Å²) in [6.07, 6.45) is 1.81. The zero-order valence-electron chi connectivity index (χ0n) is 8.22. The fourth-order valence-electron chi connectivity index (χ4n) is 0.987. The van der Waals surface area contributed by atoms with Gasteiger partial charge < -0.3 is 14.6 Å². The standard InChI is InChI=1S/C8H15N3O3/c1-13-7-8-6-11(10-9-8)2-4-14-5-3-12/h6,12H,2-5,7H2,1H3. The topological polar surface area (TPSA) is 69.4 Å². The first-order valence-electron chi connectivity index (χ1n) is 4.43. The van der Waals surface area contributed by atoms with Crippen LogP contribution in [0.1, 0.15) is 5.69 Å². The molecular formula is C8H15N3O3. The fraction of sp³-hybridized carbons (Fsp3) is 0.750. The fourth-order valence-corrected chi connectivity index (χ4v) is 0.987. The number of hydrogen-bond donors (Lipinski definition) is 1. The van der Waals surface area contributed by atoms with Crippen molar-refractivity contribution in [3.05, 3.63) is 11.9 Å². The number of aromatic nitrogens is 3. The van der Waals surface area contributed by atoms with E-state index in [1.165, 1.54) is 0 Å². The van der Waals surface area contributed by atoms with E-state index in [4.69, 9.17) is 14.6 Å². The third kappa shape index (κ3) is 3.82. The summed E-state index contributed by atoms with van der Waals surface area (Å²) in [6, 6.07) is 0. The van der Waals surface area contributed by atoms with E-state index in [9.17, 15) is 0 Å². The highest BCUT2D eigenvalue weighted by atomic mass is 16.5. The van der Waals surface area contributed by atoms with E-state index in [2.05, 4.69) is 10.3 Å². The Hall–Kier alpha value is -0.980. The van der Waals surface area contributed by atoms with Gasteiger partial charge >= 0.3 is 0 Å². The number of rotatable bonds is 7. The average Bonchev–Trinajstić information content (AvgIpc) is 2.61. The van der Waals surface area contributed by atoms with E-state index in [-0.39, 0.29) is 6.61 Å². The van der Waals surface area contributed by atoms with Gasteiger partial charge in [-0.05, 0) is 0 Å². The van der Waals surface area contributed by atoms with Gasteiger partial charge in [0.2, 0.25) is 0 Å². The van der Waals surface area contributed by atoms with Gasteiger partial charge in [-0.1, -0.05) is 5.21 Å². The molecule has 0 radical (unpaired) electrons. The molecule has 1 heterocycles. The molecule has 0 unspecified atom stereocenters. The lowest BCUT2D eigenvalue weighted by molar-refractivity contribution is 0.0851. The Balaban J connectivity index is 2.22. The second kappa shape index (κ2) is 6.47. The Labute approximate surface area is 82.4 Å². The van der Waals surface area contributed by atoms with Crippen molar-refractivity contribution in [2.45, 2.75) is 13.2 Å².